The van der Waals surface area contributed by atoms with Crippen LogP contribution in [0.2, 0.25) is 0 Å². The van der Waals surface area contributed by atoms with Crippen LogP contribution in [0.5, 0.6) is 5.75 Å². The van der Waals surface area contributed by atoms with Crippen LogP contribution >= 0.6 is 0 Å². The minimum Gasteiger partial charge on any atom is -0.482 e. The highest BCUT2D eigenvalue weighted by atomic mass is 19.2. The molecule has 0 amide bonds. The van der Waals surface area contributed by atoms with E-state index in [1.165, 1.54) is 13.0 Å². The summed E-state index contributed by atoms with van der Waals surface area (Å²) in [6.07, 6.45) is -0.887. The zero-order chi connectivity index (χ0) is 15.4. The molecule has 0 spiro atoms. The van der Waals surface area contributed by atoms with E-state index < -0.39 is 23.5 Å². The van der Waals surface area contributed by atoms with Crippen molar-refractivity contribution in [1.82, 2.24) is 0 Å². The summed E-state index contributed by atoms with van der Waals surface area (Å²) >= 11 is 0. The maximum Gasteiger partial charge on any atom is 0.203 e. The number of hydrogen-bond acceptors (Lipinski definition) is 3. The van der Waals surface area contributed by atoms with E-state index in [1.54, 1.807) is 24.3 Å². The number of rotatable bonds is 5. The third-order valence-corrected chi connectivity index (χ3v) is 3.02. The van der Waals surface area contributed by atoms with Crippen LogP contribution in [0.3, 0.4) is 0 Å². The molecule has 21 heavy (non-hydrogen) atoms. The second-order valence-electron chi connectivity index (χ2n) is 4.52. The van der Waals surface area contributed by atoms with E-state index in [-0.39, 0.29) is 12.2 Å². The Morgan fingerprint density at radius 2 is 1.90 bits per heavy atom. The molecule has 0 fully saturated rings. The molecule has 3 nitrogen and oxygen atoms in total. The minimum atomic E-state index is -1.08. The first-order chi connectivity index (χ1) is 10.0. The Kier molecular flexibility index (Phi) is 4.65. The van der Waals surface area contributed by atoms with Crippen molar-refractivity contribution in [1.29, 1.82) is 0 Å². The summed E-state index contributed by atoms with van der Waals surface area (Å²) < 4.78 is 31.5. The number of hydrogen-bond donors (Lipinski definition) is 1. The lowest BCUT2D eigenvalue weighted by atomic mass is 10.1. The molecule has 2 rings (SSSR count). The van der Waals surface area contributed by atoms with Crippen molar-refractivity contribution in [3.8, 4) is 5.75 Å². The monoisotopic (exact) mass is 292 g/mol. The van der Waals surface area contributed by atoms with Gasteiger partial charge in [-0.25, -0.2) is 8.78 Å². The number of aliphatic hydroxyl groups is 1. The molecule has 110 valence electrons. The first-order valence-corrected chi connectivity index (χ1v) is 6.37. The van der Waals surface area contributed by atoms with Crippen LogP contribution in [0.4, 0.5) is 8.78 Å². The highest BCUT2D eigenvalue weighted by molar-refractivity contribution is 5.99. The number of carbonyl (C=O) groups excluding carboxylic acids is 1. The molecule has 0 bridgehead atoms. The zero-order valence-electron chi connectivity index (χ0n) is 11.3. The number of Topliss-reactive ketones (excluding diaryl/α,β-unsaturated/α-hetero) is 1. The van der Waals surface area contributed by atoms with Gasteiger partial charge in [-0.1, -0.05) is 18.2 Å². The van der Waals surface area contributed by atoms with Gasteiger partial charge in [-0.3, -0.25) is 4.79 Å². The Morgan fingerprint density at radius 1 is 1.19 bits per heavy atom. The van der Waals surface area contributed by atoms with Gasteiger partial charge in [0.15, 0.2) is 17.7 Å². The van der Waals surface area contributed by atoms with E-state index in [9.17, 15) is 18.7 Å². The van der Waals surface area contributed by atoms with E-state index in [2.05, 4.69) is 0 Å². The number of ketones is 1. The van der Waals surface area contributed by atoms with E-state index >= 15 is 0 Å². The molecule has 0 radical (unpaired) electrons. The maximum atomic E-state index is 13.1. The molecule has 0 saturated heterocycles. The third kappa shape index (κ3) is 3.44. The summed E-state index contributed by atoms with van der Waals surface area (Å²) in [4.78, 5) is 12.1. The number of ether oxygens (including phenoxy) is 1. The van der Waals surface area contributed by atoms with Gasteiger partial charge in [-0.2, -0.15) is 0 Å². The maximum absolute atomic E-state index is 13.1. The number of para-hydroxylation sites is 1. The summed E-state index contributed by atoms with van der Waals surface area (Å²) in [6.45, 7) is 1.29. The number of carbonyl (C=O) groups is 1. The number of aliphatic hydroxyl groups excluding tert-OH is 1. The van der Waals surface area contributed by atoms with Crippen LogP contribution in [0.25, 0.3) is 0 Å². The van der Waals surface area contributed by atoms with Gasteiger partial charge in [-0.15, -0.1) is 0 Å². The highest BCUT2D eigenvalue weighted by Crippen LogP contribution is 2.20. The normalized spacial score (nSPS) is 12.0. The molecular formula is C16H14F2O3. The molecule has 1 N–H and O–H groups in total. The summed E-state index contributed by atoms with van der Waals surface area (Å²) in [7, 11) is 0. The lowest BCUT2D eigenvalue weighted by Crippen LogP contribution is -2.24. The topological polar surface area (TPSA) is 46.5 Å². The van der Waals surface area contributed by atoms with Gasteiger partial charge in [0.25, 0.3) is 0 Å². The van der Waals surface area contributed by atoms with Crippen LogP contribution in [0.1, 0.15) is 22.8 Å². The second kappa shape index (κ2) is 6.45. The summed E-state index contributed by atoms with van der Waals surface area (Å²) in [5.41, 5.74) is 0.574. The van der Waals surface area contributed by atoms with Crippen LogP contribution in [0.15, 0.2) is 42.5 Å². The van der Waals surface area contributed by atoms with E-state index in [4.69, 9.17) is 4.74 Å². The van der Waals surface area contributed by atoms with Gasteiger partial charge < -0.3 is 9.84 Å². The van der Waals surface area contributed by atoms with Gasteiger partial charge in [0.05, 0.1) is 6.61 Å². The number of benzene rings is 2. The van der Waals surface area contributed by atoms with Crippen molar-refractivity contribution in [2.75, 3.05) is 0 Å². The molecule has 2 aromatic rings. The van der Waals surface area contributed by atoms with Crippen LogP contribution in [0, 0.1) is 11.6 Å². The van der Waals surface area contributed by atoms with Crippen LogP contribution in [-0.2, 0) is 6.61 Å². The van der Waals surface area contributed by atoms with Crippen molar-refractivity contribution in [3.05, 3.63) is 65.2 Å². The van der Waals surface area contributed by atoms with Gasteiger partial charge in [0, 0.05) is 11.1 Å². The first-order valence-electron chi connectivity index (χ1n) is 6.37. The molecule has 0 saturated carbocycles. The fourth-order valence-corrected chi connectivity index (χ4v) is 1.88. The highest BCUT2D eigenvalue weighted by Gasteiger charge is 2.19. The molecule has 1 unspecified atom stereocenters. The Bertz CT molecular complexity index is 656. The fraction of sp³-hybridized carbons (Fsp3) is 0.188. The Balaban J connectivity index is 2.17. The minimum absolute atomic E-state index is 0.0304. The molecule has 2 aromatic carbocycles. The molecule has 0 aliphatic carbocycles. The third-order valence-electron chi connectivity index (χ3n) is 3.02. The molecular weight excluding hydrogens is 278 g/mol. The fourth-order valence-electron chi connectivity index (χ4n) is 1.88. The molecule has 5 heteroatoms. The predicted octanol–water partition coefficient (Wildman–Crippen LogP) is 3.11. The Morgan fingerprint density at radius 3 is 2.57 bits per heavy atom. The van der Waals surface area contributed by atoms with Crippen molar-refractivity contribution >= 4 is 5.78 Å². The smallest absolute Gasteiger partial charge is 0.203 e. The van der Waals surface area contributed by atoms with Crippen molar-refractivity contribution in [2.45, 2.75) is 19.6 Å². The average Bonchev–Trinajstić information content (AvgIpc) is 2.49. The molecule has 0 heterocycles. The van der Waals surface area contributed by atoms with Gasteiger partial charge in [0.2, 0.25) is 5.78 Å². The van der Waals surface area contributed by atoms with E-state index in [0.717, 1.165) is 12.1 Å². The SMILES string of the molecule is CC(Oc1ccccc1CO)C(=O)c1ccc(F)c(F)c1. The van der Waals surface area contributed by atoms with Crippen LogP contribution < -0.4 is 4.74 Å². The molecule has 1 atom stereocenters. The largest absolute Gasteiger partial charge is 0.482 e. The Hall–Kier alpha value is -2.27. The molecule has 0 aromatic heterocycles. The van der Waals surface area contributed by atoms with Gasteiger partial charge in [0.1, 0.15) is 5.75 Å². The van der Waals surface area contributed by atoms with Crippen molar-refractivity contribution < 1.29 is 23.4 Å². The van der Waals surface area contributed by atoms with Gasteiger partial charge in [-0.05, 0) is 31.2 Å². The lowest BCUT2D eigenvalue weighted by molar-refractivity contribution is 0.0813. The van der Waals surface area contributed by atoms with Crippen molar-refractivity contribution in [3.63, 3.8) is 0 Å². The summed E-state index contributed by atoms with van der Waals surface area (Å²) in [5.74, 6) is -2.18. The van der Waals surface area contributed by atoms with Gasteiger partial charge >= 0.3 is 0 Å². The summed E-state index contributed by atoms with van der Waals surface area (Å²) in [5, 5.41) is 9.20. The predicted molar refractivity (Wildman–Crippen MR) is 73.1 cm³/mol. The second-order valence-corrected chi connectivity index (χ2v) is 4.52. The molecule has 0 aliphatic rings. The first kappa shape index (κ1) is 15.1. The average molecular weight is 292 g/mol. The zero-order valence-corrected chi connectivity index (χ0v) is 11.3. The van der Waals surface area contributed by atoms with Crippen molar-refractivity contribution in [2.24, 2.45) is 0 Å². The molecule has 0 aliphatic heterocycles. The van der Waals surface area contributed by atoms with Crippen LogP contribution in [-0.4, -0.2) is 17.0 Å². The Labute approximate surface area is 120 Å². The lowest BCUT2D eigenvalue weighted by Gasteiger charge is -2.16. The standard InChI is InChI=1S/C16H14F2O3/c1-10(21-15-5-3-2-4-12(15)9-19)16(20)11-6-7-13(17)14(18)8-11/h2-8,10,19H,9H2,1H3. The quantitative estimate of drug-likeness (QED) is 0.861. The summed E-state index contributed by atoms with van der Waals surface area (Å²) in [6, 6.07) is 9.69. The number of halogens is 2. The van der Waals surface area contributed by atoms with E-state index in [0.29, 0.717) is 11.3 Å². The van der Waals surface area contributed by atoms with E-state index in [1.807, 2.05) is 0 Å².